The fourth-order valence-electron chi connectivity index (χ4n) is 2.07. The molecular weight excluding hydrogens is 198 g/mol. The zero-order valence-corrected chi connectivity index (χ0v) is 9.79. The maximum Gasteiger partial charge on any atom is 0.193 e. The molecule has 1 aliphatic carbocycles. The van der Waals surface area contributed by atoms with E-state index in [0.717, 1.165) is 18.7 Å². The Bertz CT molecular complexity index is 396. The monoisotopic (exact) mass is 217 g/mol. The van der Waals surface area contributed by atoms with E-state index in [9.17, 15) is 0 Å². The molecule has 0 spiro atoms. The Morgan fingerprint density at radius 3 is 3.00 bits per heavy atom. The van der Waals surface area contributed by atoms with Gasteiger partial charge in [-0.3, -0.25) is 4.99 Å². The van der Waals surface area contributed by atoms with Crippen molar-refractivity contribution < 1.29 is 0 Å². The van der Waals surface area contributed by atoms with Gasteiger partial charge < -0.3 is 11.1 Å². The van der Waals surface area contributed by atoms with Gasteiger partial charge in [-0.25, -0.2) is 0 Å². The van der Waals surface area contributed by atoms with Crippen LogP contribution >= 0.6 is 0 Å². The first-order valence-corrected chi connectivity index (χ1v) is 5.98. The second kappa shape index (κ2) is 5.01. The van der Waals surface area contributed by atoms with Crippen molar-refractivity contribution in [3.8, 4) is 0 Å². The average Bonchev–Trinajstić information content (AvgIpc) is 2.73. The maximum atomic E-state index is 5.78. The van der Waals surface area contributed by atoms with Gasteiger partial charge >= 0.3 is 0 Å². The van der Waals surface area contributed by atoms with Gasteiger partial charge in [-0.2, -0.15) is 0 Å². The Hall–Kier alpha value is -1.51. The number of aliphatic imine (C=N–C) groups is 1. The van der Waals surface area contributed by atoms with Gasteiger partial charge in [-0.15, -0.1) is 0 Å². The number of fused-ring (bicyclic) bond motifs is 1. The number of rotatable bonds is 3. The van der Waals surface area contributed by atoms with Crippen molar-refractivity contribution in [2.45, 2.75) is 32.6 Å². The molecule has 86 valence electrons. The third-order valence-corrected chi connectivity index (χ3v) is 2.88. The molecule has 0 amide bonds. The van der Waals surface area contributed by atoms with Crippen LogP contribution in [0.15, 0.2) is 23.2 Å². The minimum atomic E-state index is 0.514. The van der Waals surface area contributed by atoms with E-state index in [1.54, 1.807) is 0 Å². The van der Waals surface area contributed by atoms with Gasteiger partial charge in [0.05, 0.1) is 0 Å². The van der Waals surface area contributed by atoms with E-state index >= 15 is 0 Å². The molecule has 16 heavy (non-hydrogen) atoms. The van der Waals surface area contributed by atoms with Gasteiger partial charge in [0, 0.05) is 12.2 Å². The van der Waals surface area contributed by atoms with Gasteiger partial charge in [0.2, 0.25) is 0 Å². The second-order valence-electron chi connectivity index (χ2n) is 4.23. The normalized spacial score (nSPS) is 14.9. The van der Waals surface area contributed by atoms with Crippen molar-refractivity contribution in [2.24, 2.45) is 10.7 Å². The van der Waals surface area contributed by atoms with E-state index in [1.807, 2.05) is 0 Å². The van der Waals surface area contributed by atoms with Gasteiger partial charge in [0.1, 0.15) is 0 Å². The first-order valence-electron chi connectivity index (χ1n) is 5.98. The predicted molar refractivity (Wildman–Crippen MR) is 68.9 cm³/mol. The molecule has 1 aromatic carbocycles. The van der Waals surface area contributed by atoms with Gasteiger partial charge in [0.25, 0.3) is 0 Å². The van der Waals surface area contributed by atoms with Crippen LogP contribution in [0.3, 0.4) is 0 Å². The molecule has 1 aliphatic rings. The van der Waals surface area contributed by atoms with Crippen LogP contribution in [0.2, 0.25) is 0 Å². The zero-order chi connectivity index (χ0) is 11.4. The number of hydrogen-bond donors (Lipinski definition) is 2. The van der Waals surface area contributed by atoms with Gasteiger partial charge in [-0.05, 0) is 48.9 Å². The minimum absolute atomic E-state index is 0.514. The first kappa shape index (κ1) is 11.0. The lowest BCUT2D eigenvalue weighted by molar-refractivity contribution is 0.912. The van der Waals surface area contributed by atoms with E-state index in [0.29, 0.717) is 5.96 Å². The fourth-order valence-corrected chi connectivity index (χ4v) is 2.07. The molecule has 0 saturated carbocycles. The van der Waals surface area contributed by atoms with Crippen LogP contribution in [-0.2, 0) is 12.8 Å². The fraction of sp³-hybridized carbons (Fsp3) is 0.462. The molecule has 3 heteroatoms. The number of hydrogen-bond acceptors (Lipinski definition) is 1. The van der Waals surface area contributed by atoms with Crippen LogP contribution in [0.4, 0.5) is 5.69 Å². The average molecular weight is 217 g/mol. The molecule has 0 heterocycles. The summed E-state index contributed by atoms with van der Waals surface area (Å²) >= 11 is 0. The van der Waals surface area contributed by atoms with Crippen molar-refractivity contribution in [1.29, 1.82) is 0 Å². The summed E-state index contributed by atoms with van der Waals surface area (Å²) in [5.41, 5.74) is 9.76. The molecule has 0 unspecified atom stereocenters. The lowest BCUT2D eigenvalue weighted by Crippen LogP contribution is -2.22. The maximum absolute atomic E-state index is 5.78. The van der Waals surface area contributed by atoms with Gasteiger partial charge in [0.15, 0.2) is 5.96 Å². The van der Waals surface area contributed by atoms with Crippen LogP contribution in [0.1, 0.15) is 30.9 Å². The van der Waals surface area contributed by atoms with Crippen molar-refractivity contribution in [1.82, 2.24) is 0 Å². The van der Waals surface area contributed by atoms with Crippen molar-refractivity contribution in [2.75, 3.05) is 11.9 Å². The summed E-state index contributed by atoms with van der Waals surface area (Å²) in [6.45, 7) is 2.87. The number of guanidine groups is 1. The van der Waals surface area contributed by atoms with Crippen LogP contribution in [0, 0.1) is 0 Å². The Balaban J connectivity index is 2.05. The second-order valence-corrected chi connectivity index (χ2v) is 4.23. The summed E-state index contributed by atoms with van der Waals surface area (Å²) in [4.78, 5) is 4.21. The lowest BCUT2D eigenvalue weighted by atomic mass is 10.1. The summed E-state index contributed by atoms with van der Waals surface area (Å²) in [5, 5.41) is 3.13. The lowest BCUT2D eigenvalue weighted by Gasteiger charge is -2.07. The van der Waals surface area contributed by atoms with E-state index in [4.69, 9.17) is 5.73 Å². The number of nitrogens with two attached hydrogens (primary N) is 1. The predicted octanol–water partition coefficient (Wildman–Crippen LogP) is 2.31. The highest BCUT2D eigenvalue weighted by molar-refractivity contribution is 5.92. The molecule has 1 aromatic rings. The third-order valence-electron chi connectivity index (χ3n) is 2.88. The quantitative estimate of drug-likeness (QED) is 0.603. The molecule has 0 atom stereocenters. The SMILES string of the molecule is CCCN=C(N)Nc1ccc2c(c1)CCC2. The highest BCUT2D eigenvalue weighted by atomic mass is 15.1. The number of anilines is 1. The Labute approximate surface area is 96.8 Å². The molecule has 0 saturated heterocycles. The minimum Gasteiger partial charge on any atom is -0.370 e. The molecule has 2 rings (SSSR count). The van der Waals surface area contributed by atoms with E-state index < -0.39 is 0 Å². The summed E-state index contributed by atoms with van der Waals surface area (Å²) < 4.78 is 0. The molecular formula is C13H19N3. The largest absolute Gasteiger partial charge is 0.370 e. The third kappa shape index (κ3) is 2.54. The Morgan fingerprint density at radius 1 is 1.38 bits per heavy atom. The zero-order valence-electron chi connectivity index (χ0n) is 9.79. The van der Waals surface area contributed by atoms with E-state index in [2.05, 4.69) is 35.4 Å². The van der Waals surface area contributed by atoms with Crippen LogP contribution in [0.25, 0.3) is 0 Å². The van der Waals surface area contributed by atoms with Crippen LogP contribution < -0.4 is 11.1 Å². The molecule has 0 aromatic heterocycles. The highest BCUT2D eigenvalue weighted by Gasteiger charge is 2.10. The molecule has 3 N–H and O–H groups in total. The number of nitrogens with zero attached hydrogens (tertiary/aromatic N) is 1. The Morgan fingerprint density at radius 2 is 2.19 bits per heavy atom. The van der Waals surface area contributed by atoms with E-state index in [1.165, 1.54) is 30.4 Å². The molecule has 0 aliphatic heterocycles. The number of nitrogens with one attached hydrogen (secondary N) is 1. The molecule has 3 nitrogen and oxygen atoms in total. The standard InChI is InChI=1S/C13H19N3/c1-2-8-15-13(14)16-12-7-6-10-4-3-5-11(10)9-12/h6-7,9H,2-5,8H2,1H3,(H3,14,15,16). The van der Waals surface area contributed by atoms with Crippen molar-refractivity contribution in [3.63, 3.8) is 0 Å². The number of aryl methyl sites for hydroxylation is 2. The van der Waals surface area contributed by atoms with Crippen LogP contribution in [-0.4, -0.2) is 12.5 Å². The van der Waals surface area contributed by atoms with Crippen molar-refractivity contribution >= 4 is 11.6 Å². The highest BCUT2D eigenvalue weighted by Crippen LogP contribution is 2.24. The van der Waals surface area contributed by atoms with Crippen LogP contribution in [0.5, 0.6) is 0 Å². The number of benzene rings is 1. The summed E-state index contributed by atoms with van der Waals surface area (Å²) in [6, 6.07) is 6.47. The summed E-state index contributed by atoms with van der Waals surface area (Å²) in [5.74, 6) is 0.514. The molecule has 0 fully saturated rings. The first-order chi connectivity index (χ1) is 7.79. The van der Waals surface area contributed by atoms with E-state index in [-0.39, 0.29) is 0 Å². The smallest absolute Gasteiger partial charge is 0.193 e. The topological polar surface area (TPSA) is 50.4 Å². The molecule has 0 radical (unpaired) electrons. The Kier molecular flexibility index (Phi) is 3.44. The summed E-state index contributed by atoms with van der Waals surface area (Å²) in [6.07, 6.45) is 4.71. The van der Waals surface area contributed by atoms with Crippen molar-refractivity contribution in [3.05, 3.63) is 29.3 Å². The molecule has 0 bridgehead atoms. The summed E-state index contributed by atoms with van der Waals surface area (Å²) in [7, 11) is 0. The van der Waals surface area contributed by atoms with Gasteiger partial charge in [-0.1, -0.05) is 13.0 Å².